The van der Waals surface area contributed by atoms with Crippen LogP contribution in [0, 0.1) is 6.92 Å². The van der Waals surface area contributed by atoms with Crippen LogP contribution in [0.4, 0.5) is 5.69 Å². The van der Waals surface area contributed by atoms with Gasteiger partial charge in [0, 0.05) is 24.3 Å². The van der Waals surface area contributed by atoms with Gasteiger partial charge in [-0.3, -0.25) is 4.79 Å². The maximum atomic E-state index is 12.9. The number of hydrogen-bond donors (Lipinski definition) is 4. The third-order valence-electron chi connectivity index (χ3n) is 5.81. The number of halogens is 2. The summed E-state index contributed by atoms with van der Waals surface area (Å²) in [5.74, 6) is 0.432. The van der Waals surface area contributed by atoms with Gasteiger partial charge in [-0.05, 0) is 54.8 Å². The lowest BCUT2D eigenvalue weighted by atomic mass is 10.1. The van der Waals surface area contributed by atoms with Gasteiger partial charge >= 0.3 is 0 Å². The van der Waals surface area contributed by atoms with E-state index in [1.165, 1.54) is 0 Å². The van der Waals surface area contributed by atoms with E-state index in [-0.39, 0.29) is 18.2 Å². The highest BCUT2D eigenvalue weighted by atomic mass is 35.5. The average molecular weight is 509 g/mol. The Morgan fingerprint density at radius 3 is 2.77 bits per heavy atom. The predicted octanol–water partition coefficient (Wildman–Crippen LogP) is 4.73. The van der Waals surface area contributed by atoms with Crippen LogP contribution < -0.4 is 10.9 Å². The third-order valence-corrected chi connectivity index (χ3v) is 6.55. The topological polar surface area (TPSA) is 112 Å². The van der Waals surface area contributed by atoms with E-state index in [1.807, 2.05) is 35.9 Å². The Balaban J connectivity index is 1.51. The Morgan fingerprint density at radius 1 is 1.17 bits per heavy atom. The number of nitrogens with one attached hydrogen (secondary N) is 3. The van der Waals surface area contributed by atoms with Crippen molar-refractivity contribution < 1.29 is 5.11 Å². The maximum Gasteiger partial charge on any atom is 0.261 e. The highest BCUT2D eigenvalue weighted by Crippen LogP contribution is 2.28. The molecule has 4 N–H and O–H groups in total. The second-order valence-electron chi connectivity index (χ2n) is 8.29. The van der Waals surface area contributed by atoms with Crippen LogP contribution in [0.2, 0.25) is 10.0 Å². The molecule has 178 valence electrons. The maximum absolute atomic E-state index is 12.9. The lowest BCUT2D eigenvalue weighted by Crippen LogP contribution is -2.28. The Labute approximate surface area is 210 Å². The van der Waals surface area contributed by atoms with Crippen LogP contribution in [0.1, 0.15) is 11.1 Å². The van der Waals surface area contributed by atoms with Crippen molar-refractivity contribution in [2.75, 3.05) is 11.9 Å². The molecule has 0 saturated carbocycles. The fraction of sp³-hybridized carbons (Fsp3) is 0.160. The molecule has 0 fully saturated rings. The van der Waals surface area contributed by atoms with Gasteiger partial charge in [0.1, 0.15) is 11.4 Å². The Kier molecular flexibility index (Phi) is 6.34. The van der Waals surface area contributed by atoms with E-state index >= 15 is 0 Å². The van der Waals surface area contributed by atoms with E-state index in [0.29, 0.717) is 33.5 Å². The molecule has 1 atom stereocenters. The first-order valence-electron chi connectivity index (χ1n) is 10.9. The van der Waals surface area contributed by atoms with Crippen molar-refractivity contribution in [1.82, 2.24) is 24.5 Å². The Bertz CT molecular complexity index is 1560. The fourth-order valence-corrected chi connectivity index (χ4v) is 4.44. The minimum absolute atomic E-state index is 0.153. The first kappa shape index (κ1) is 23.2. The molecule has 0 radical (unpaired) electrons. The molecule has 3 aromatic heterocycles. The summed E-state index contributed by atoms with van der Waals surface area (Å²) in [6.07, 6.45) is 7.35. The van der Waals surface area contributed by atoms with E-state index < -0.39 is 0 Å². The number of aromatic amines is 2. The van der Waals surface area contributed by atoms with Crippen molar-refractivity contribution in [3.63, 3.8) is 0 Å². The van der Waals surface area contributed by atoms with Crippen LogP contribution >= 0.6 is 23.2 Å². The summed E-state index contributed by atoms with van der Waals surface area (Å²) in [5, 5.41) is 14.2. The van der Waals surface area contributed by atoms with E-state index in [9.17, 15) is 9.90 Å². The number of benzene rings is 2. The Hall–Kier alpha value is -3.59. The number of pyridine rings is 1. The molecule has 10 heteroatoms. The zero-order valence-electron chi connectivity index (χ0n) is 18.7. The number of anilines is 1. The van der Waals surface area contributed by atoms with Crippen molar-refractivity contribution in [1.29, 1.82) is 0 Å². The Morgan fingerprint density at radius 2 is 2.03 bits per heavy atom. The second-order valence-corrected chi connectivity index (χ2v) is 9.10. The molecule has 0 spiro atoms. The molecule has 0 aliphatic carbocycles. The zero-order valence-corrected chi connectivity index (χ0v) is 20.2. The summed E-state index contributed by atoms with van der Waals surface area (Å²) in [7, 11) is 0. The van der Waals surface area contributed by atoms with E-state index in [1.54, 1.807) is 36.9 Å². The number of imidazole rings is 2. The van der Waals surface area contributed by atoms with Crippen molar-refractivity contribution in [3.05, 3.63) is 92.8 Å². The molecule has 5 rings (SSSR count). The van der Waals surface area contributed by atoms with Crippen LogP contribution in [-0.2, 0) is 6.42 Å². The quantitative estimate of drug-likeness (QED) is 0.253. The van der Waals surface area contributed by atoms with Crippen molar-refractivity contribution >= 4 is 39.9 Å². The zero-order chi connectivity index (χ0) is 24.5. The number of aliphatic hydroxyl groups excluding tert-OH is 1. The van der Waals surface area contributed by atoms with Crippen LogP contribution in [0.3, 0.4) is 0 Å². The SMILES string of the molecule is Cc1cc(-n2ccnc2)cc2[nH]c(-c3c(NC(CO)Cc4ccc(Cl)c(Cl)c4)cc[nH]c3=O)nc12. The lowest BCUT2D eigenvalue weighted by molar-refractivity contribution is 0.274. The van der Waals surface area contributed by atoms with Crippen LogP contribution in [0.15, 0.2) is 66.1 Å². The highest BCUT2D eigenvalue weighted by Gasteiger charge is 2.19. The van der Waals surface area contributed by atoms with Crippen molar-refractivity contribution in [2.24, 2.45) is 0 Å². The highest BCUT2D eigenvalue weighted by molar-refractivity contribution is 6.42. The molecule has 8 nitrogen and oxygen atoms in total. The summed E-state index contributed by atoms with van der Waals surface area (Å²) in [5.41, 5.74) is 4.99. The molecule has 2 aromatic carbocycles. The molecule has 0 saturated heterocycles. The average Bonchev–Trinajstić information content (AvgIpc) is 3.51. The molecular weight excluding hydrogens is 487 g/mol. The molecule has 0 amide bonds. The van der Waals surface area contributed by atoms with Gasteiger partial charge in [-0.25, -0.2) is 9.97 Å². The summed E-state index contributed by atoms with van der Waals surface area (Å²) in [6, 6.07) is 10.7. The number of aliphatic hydroxyl groups is 1. The number of hydrogen-bond acceptors (Lipinski definition) is 5. The van der Waals surface area contributed by atoms with E-state index in [4.69, 9.17) is 28.2 Å². The van der Waals surface area contributed by atoms with Gasteiger partial charge in [0.15, 0.2) is 0 Å². The third kappa shape index (κ3) is 4.68. The molecule has 0 bridgehead atoms. The number of nitrogens with zero attached hydrogens (tertiary/aromatic N) is 3. The summed E-state index contributed by atoms with van der Waals surface area (Å²) < 4.78 is 1.91. The number of aromatic nitrogens is 5. The molecule has 1 unspecified atom stereocenters. The largest absolute Gasteiger partial charge is 0.394 e. The smallest absolute Gasteiger partial charge is 0.261 e. The van der Waals surface area contributed by atoms with Crippen LogP contribution in [0.25, 0.3) is 28.1 Å². The number of rotatable bonds is 7. The van der Waals surface area contributed by atoms with Gasteiger partial charge < -0.3 is 25.0 Å². The van der Waals surface area contributed by atoms with E-state index in [2.05, 4.69) is 20.3 Å². The van der Waals surface area contributed by atoms with E-state index in [0.717, 1.165) is 27.8 Å². The number of aryl methyl sites for hydroxylation is 1. The van der Waals surface area contributed by atoms with Gasteiger partial charge in [0.05, 0.1) is 45.7 Å². The minimum Gasteiger partial charge on any atom is -0.394 e. The summed E-state index contributed by atoms with van der Waals surface area (Å²) in [4.78, 5) is 27.8. The molecule has 35 heavy (non-hydrogen) atoms. The lowest BCUT2D eigenvalue weighted by Gasteiger charge is -2.19. The fourth-order valence-electron chi connectivity index (χ4n) is 4.12. The normalized spacial score (nSPS) is 12.2. The van der Waals surface area contributed by atoms with Gasteiger partial charge in [-0.2, -0.15) is 0 Å². The van der Waals surface area contributed by atoms with Crippen molar-refractivity contribution in [3.8, 4) is 17.1 Å². The molecule has 3 heterocycles. The van der Waals surface area contributed by atoms with Crippen LogP contribution in [0.5, 0.6) is 0 Å². The standard InChI is InChI=1S/C25H22Cl2N6O2/c1-14-8-17(33-7-6-28-13-33)11-21-23(14)32-24(31-21)22-20(4-5-29-25(22)35)30-16(12-34)9-15-2-3-18(26)19(27)10-15/h2-8,10-11,13,16,34H,9,12H2,1H3,(H,31,32)(H2,29,30,35). The number of fused-ring (bicyclic) bond motifs is 1. The summed E-state index contributed by atoms with van der Waals surface area (Å²) >= 11 is 12.2. The van der Waals surface area contributed by atoms with Gasteiger partial charge in [0.2, 0.25) is 0 Å². The minimum atomic E-state index is -0.369. The molecule has 0 aliphatic heterocycles. The van der Waals surface area contributed by atoms with Gasteiger partial charge in [-0.15, -0.1) is 0 Å². The molecule has 5 aromatic rings. The van der Waals surface area contributed by atoms with Crippen LogP contribution in [-0.4, -0.2) is 42.3 Å². The second kappa shape index (κ2) is 9.58. The first-order valence-corrected chi connectivity index (χ1v) is 11.7. The monoisotopic (exact) mass is 508 g/mol. The van der Waals surface area contributed by atoms with Crippen molar-refractivity contribution in [2.45, 2.75) is 19.4 Å². The van der Waals surface area contributed by atoms with Gasteiger partial charge in [-0.1, -0.05) is 29.3 Å². The first-order chi connectivity index (χ1) is 16.9. The summed E-state index contributed by atoms with van der Waals surface area (Å²) in [6.45, 7) is 1.82. The molecular formula is C25H22Cl2N6O2. The predicted molar refractivity (Wildman–Crippen MR) is 139 cm³/mol. The van der Waals surface area contributed by atoms with Gasteiger partial charge in [0.25, 0.3) is 5.56 Å². The number of H-pyrrole nitrogens is 2. The molecule has 0 aliphatic rings.